The molecule has 0 aliphatic heterocycles. The summed E-state index contributed by atoms with van der Waals surface area (Å²) in [6.07, 6.45) is 10.8. The topological polar surface area (TPSA) is 102 Å². The van der Waals surface area contributed by atoms with Crippen LogP contribution in [0.25, 0.3) is 34.2 Å². The Bertz CT molecular complexity index is 1190. The molecule has 0 spiro atoms. The first-order chi connectivity index (χ1) is 12.9. The SMILES string of the molecule is c1cc[n+](-c2nccc(-n3cnc(-c4cc5n[nH]nc5cn4)c3)n2)cc1. The molecule has 1 N–H and O–H groups in total. The first-order valence-corrected chi connectivity index (χ1v) is 7.88. The Hall–Kier alpha value is -4.01. The number of hydrogen-bond donors (Lipinski definition) is 1. The molecule has 0 atom stereocenters. The van der Waals surface area contributed by atoms with Gasteiger partial charge < -0.3 is 0 Å². The Morgan fingerprint density at radius 2 is 1.81 bits per heavy atom. The van der Waals surface area contributed by atoms with Crippen molar-refractivity contribution >= 4 is 11.0 Å². The van der Waals surface area contributed by atoms with Gasteiger partial charge in [0.2, 0.25) is 5.82 Å². The fourth-order valence-corrected chi connectivity index (χ4v) is 2.61. The summed E-state index contributed by atoms with van der Waals surface area (Å²) in [5, 5.41) is 10.7. The van der Waals surface area contributed by atoms with E-state index < -0.39 is 0 Å². The van der Waals surface area contributed by atoms with Gasteiger partial charge in [0.25, 0.3) is 0 Å². The zero-order valence-corrected chi connectivity index (χ0v) is 13.4. The van der Waals surface area contributed by atoms with Crippen LogP contribution in [0.2, 0.25) is 0 Å². The van der Waals surface area contributed by atoms with Crippen LogP contribution in [0.1, 0.15) is 0 Å². The van der Waals surface area contributed by atoms with Crippen molar-refractivity contribution in [2.75, 3.05) is 0 Å². The molecule has 0 aromatic carbocycles. The molecule has 0 radical (unpaired) electrons. The van der Waals surface area contributed by atoms with Gasteiger partial charge >= 0.3 is 5.95 Å². The average Bonchev–Trinajstić information content (AvgIpc) is 3.38. The normalized spacial score (nSPS) is 11.1. The van der Waals surface area contributed by atoms with E-state index in [1.165, 1.54) is 0 Å². The van der Waals surface area contributed by atoms with E-state index in [1.54, 1.807) is 18.7 Å². The predicted octanol–water partition coefficient (Wildman–Crippen LogP) is 1.27. The van der Waals surface area contributed by atoms with Gasteiger partial charge in [-0.25, -0.2) is 9.55 Å². The summed E-state index contributed by atoms with van der Waals surface area (Å²) in [7, 11) is 0. The van der Waals surface area contributed by atoms with Crippen molar-refractivity contribution in [3.05, 3.63) is 67.6 Å². The number of fused-ring (bicyclic) bond motifs is 1. The number of nitrogens with zero attached hydrogens (tertiary/aromatic N) is 8. The quantitative estimate of drug-likeness (QED) is 0.496. The van der Waals surface area contributed by atoms with Crippen LogP contribution in [0.15, 0.2) is 67.6 Å². The van der Waals surface area contributed by atoms with E-state index in [-0.39, 0.29) is 0 Å². The molecule has 5 heterocycles. The van der Waals surface area contributed by atoms with Gasteiger partial charge in [0.05, 0.1) is 24.3 Å². The van der Waals surface area contributed by atoms with E-state index in [2.05, 4.69) is 35.3 Å². The summed E-state index contributed by atoms with van der Waals surface area (Å²) >= 11 is 0. The maximum Gasteiger partial charge on any atom is 0.439 e. The Balaban J connectivity index is 1.52. The maximum absolute atomic E-state index is 4.59. The van der Waals surface area contributed by atoms with Crippen molar-refractivity contribution in [2.24, 2.45) is 0 Å². The highest BCUT2D eigenvalue weighted by Crippen LogP contribution is 2.19. The van der Waals surface area contributed by atoms with Crippen molar-refractivity contribution < 1.29 is 4.57 Å². The van der Waals surface area contributed by atoms with Crippen LogP contribution in [-0.2, 0) is 0 Å². The predicted molar refractivity (Wildman–Crippen MR) is 91.4 cm³/mol. The van der Waals surface area contributed by atoms with Crippen LogP contribution < -0.4 is 4.57 Å². The Morgan fingerprint density at radius 1 is 0.923 bits per heavy atom. The highest BCUT2D eigenvalue weighted by atomic mass is 15.3. The first-order valence-electron chi connectivity index (χ1n) is 7.88. The van der Waals surface area contributed by atoms with E-state index in [4.69, 9.17) is 0 Å². The van der Waals surface area contributed by atoms with Crippen LogP contribution in [0, 0.1) is 0 Å². The number of pyridine rings is 2. The standard InChI is InChI=1S/C17H12N9/c1-2-6-25(7-3-1)17-18-5-4-16(21-17)26-10-15(20-11-26)12-8-13-14(9-19-12)23-24-22-13/h1-11H,(H,22,23,24)/q+1. The second kappa shape index (κ2) is 5.81. The smallest absolute Gasteiger partial charge is 0.276 e. The molecular weight excluding hydrogens is 330 g/mol. The van der Waals surface area contributed by atoms with Crippen LogP contribution >= 0.6 is 0 Å². The molecule has 124 valence electrons. The fourth-order valence-electron chi connectivity index (χ4n) is 2.61. The second-order valence-corrected chi connectivity index (χ2v) is 5.55. The Morgan fingerprint density at radius 3 is 2.73 bits per heavy atom. The van der Waals surface area contributed by atoms with Crippen LogP contribution in [0.3, 0.4) is 0 Å². The van der Waals surface area contributed by atoms with E-state index in [0.29, 0.717) is 17.3 Å². The molecule has 5 aromatic heterocycles. The molecule has 0 unspecified atom stereocenters. The minimum absolute atomic E-state index is 0.584. The molecule has 0 aliphatic rings. The summed E-state index contributed by atoms with van der Waals surface area (Å²) in [5.74, 6) is 1.30. The van der Waals surface area contributed by atoms with Crippen molar-refractivity contribution in [3.8, 4) is 23.2 Å². The molecule has 26 heavy (non-hydrogen) atoms. The van der Waals surface area contributed by atoms with Crippen molar-refractivity contribution in [1.29, 1.82) is 0 Å². The molecule has 9 nitrogen and oxygen atoms in total. The Labute approximate surface area is 147 Å². The molecule has 0 bridgehead atoms. The van der Waals surface area contributed by atoms with Gasteiger partial charge in [-0.1, -0.05) is 11.1 Å². The fraction of sp³-hybridized carbons (Fsp3) is 0. The summed E-state index contributed by atoms with van der Waals surface area (Å²) in [4.78, 5) is 17.7. The van der Waals surface area contributed by atoms with Crippen LogP contribution in [0.4, 0.5) is 0 Å². The van der Waals surface area contributed by atoms with Gasteiger partial charge in [-0.15, -0.1) is 0 Å². The maximum atomic E-state index is 4.59. The molecule has 9 heteroatoms. The zero-order valence-electron chi connectivity index (χ0n) is 13.4. The third kappa shape index (κ3) is 2.47. The number of nitrogens with one attached hydrogen (secondary N) is 1. The lowest BCUT2D eigenvalue weighted by Gasteiger charge is -1.98. The first kappa shape index (κ1) is 14.3. The van der Waals surface area contributed by atoms with E-state index >= 15 is 0 Å². The monoisotopic (exact) mass is 342 g/mol. The summed E-state index contributed by atoms with van der Waals surface area (Å²) in [6.45, 7) is 0. The van der Waals surface area contributed by atoms with Gasteiger partial charge in [-0.05, 0) is 23.2 Å². The van der Waals surface area contributed by atoms with Gasteiger partial charge in [0.15, 0.2) is 0 Å². The van der Waals surface area contributed by atoms with E-state index in [1.807, 2.05) is 58.1 Å². The van der Waals surface area contributed by atoms with Gasteiger partial charge in [-0.3, -0.25) is 9.55 Å². The van der Waals surface area contributed by atoms with Crippen LogP contribution in [0.5, 0.6) is 0 Å². The summed E-state index contributed by atoms with van der Waals surface area (Å²) in [5.41, 5.74) is 2.90. The van der Waals surface area contributed by atoms with Crippen LogP contribution in [-0.4, -0.2) is 39.9 Å². The molecule has 0 saturated heterocycles. The zero-order chi connectivity index (χ0) is 17.3. The largest absolute Gasteiger partial charge is 0.439 e. The van der Waals surface area contributed by atoms with Crippen molar-refractivity contribution in [2.45, 2.75) is 0 Å². The lowest BCUT2D eigenvalue weighted by molar-refractivity contribution is -0.603. The summed E-state index contributed by atoms with van der Waals surface area (Å²) in [6, 6.07) is 9.47. The average molecular weight is 342 g/mol. The number of H-pyrrole nitrogens is 1. The minimum atomic E-state index is 0.584. The number of rotatable bonds is 3. The van der Waals surface area contributed by atoms with E-state index in [9.17, 15) is 0 Å². The third-order valence-electron chi connectivity index (χ3n) is 3.89. The number of imidazole rings is 1. The highest BCUT2D eigenvalue weighted by Gasteiger charge is 2.14. The second-order valence-electron chi connectivity index (χ2n) is 5.55. The molecule has 5 aromatic rings. The lowest BCUT2D eigenvalue weighted by atomic mass is 10.2. The van der Waals surface area contributed by atoms with E-state index in [0.717, 1.165) is 16.9 Å². The number of hydrogen-bond acceptors (Lipinski definition) is 6. The van der Waals surface area contributed by atoms with Gasteiger partial charge in [-0.2, -0.15) is 15.4 Å². The van der Waals surface area contributed by atoms with Crippen molar-refractivity contribution in [3.63, 3.8) is 0 Å². The third-order valence-corrected chi connectivity index (χ3v) is 3.89. The lowest BCUT2D eigenvalue weighted by Crippen LogP contribution is -2.32. The highest BCUT2D eigenvalue weighted by molar-refractivity contribution is 5.76. The molecular formula is C17H12N9+. The molecule has 0 aliphatic carbocycles. The summed E-state index contributed by atoms with van der Waals surface area (Å²) < 4.78 is 3.68. The van der Waals surface area contributed by atoms with Gasteiger partial charge in [0, 0.05) is 12.3 Å². The molecule has 0 saturated carbocycles. The molecule has 0 amide bonds. The minimum Gasteiger partial charge on any atom is -0.276 e. The molecule has 0 fully saturated rings. The number of aromatic amines is 1. The van der Waals surface area contributed by atoms with Crippen molar-refractivity contribution in [1.82, 2.24) is 39.9 Å². The Kier molecular flexibility index (Phi) is 3.21. The molecule has 5 rings (SSSR count). The van der Waals surface area contributed by atoms with Gasteiger partial charge in [0.1, 0.15) is 29.3 Å². The number of aromatic nitrogens is 9.